The molecular weight excluding hydrogens is 379 g/mol. The largest absolute Gasteiger partial charge is 0.416 e. The molecule has 8 nitrogen and oxygen atoms in total. The predicted molar refractivity (Wildman–Crippen MR) is 92.1 cm³/mol. The normalized spacial score (nSPS) is 11.3. The quantitative estimate of drug-likeness (QED) is 0.539. The Morgan fingerprint density at radius 1 is 1.25 bits per heavy atom. The number of alkyl halides is 3. The number of benzene rings is 2. The Balaban J connectivity index is 2.07. The second kappa shape index (κ2) is 7.10. The molecule has 0 radical (unpaired) electrons. The number of carbonyl (C=O) groups excluding carboxylic acids is 1. The molecule has 0 bridgehead atoms. The van der Waals surface area contributed by atoms with Crippen molar-refractivity contribution < 1.29 is 22.9 Å². The summed E-state index contributed by atoms with van der Waals surface area (Å²) in [5.74, 6) is -0.920. The number of aromatic nitrogens is 3. The van der Waals surface area contributed by atoms with Gasteiger partial charge < -0.3 is 5.32 Å². The molecule has 3 aromatic rings. The molecule has 1 amide bonds. The van der Waals surface area contributed by atoms with Crippen molar-refractivity contribution in [1.82, 2.24) is 14.8 Å². The average molecular weight is 391 g/mol. The van der Waals surface area contributed by atoms with Crippen LogP contribution in [0.5, 0.6) is 0 Å². The minimum atomic E-state index is -4.64. The molecule has 0 aliphatic heterocycles. The van der Waals surface area contributed by atoms with Crippen LogP contribution in [0.1, 0.15) is 21.5 Å². The van der Waals surface area contributed by atoms with Crippen LogP contribution in [0.4, 0.5) is 24.5 Å². The van der Waals surface area contributed by atoms with E-state index in [1.54, 1.807) is 0 Å². The van der Waals surface area contributed by atoms with Gasteiger partial charge in [0, 0.05) is 5.56 Å². The zero-order valence-corrected chi connectivity index (χ0v) is 14.3. The number of aryl methyl sites for hydroxylation is 1. The highest BCUT2D eigenvalue weighted by atomic mass is 19.4. The number of nitrogens with one attached hydrogen (secondary N) is 1. The van der Waals surface area contributed by atoms with Crippen molar-refractivity contribution in [3.8, 4) is 5.69 Å². The molecule has 0 aliphatic carbocycles. The maximum atomic E-state index is 13.1. The lowest BCUT2D eigenvalue weighted by atomic mass is 10.1. The number of carbonyl (C=O) groups is 1. The fourth-order valence-corrected chi connectivity index (χ4v) is 2.62. The SMILES string of the molecule is Cc1cccc(C(=O)Nc2cc(C(F)(F)F)ccc2-n2cncn2)c1[N+](=O)[O-]. The van der Waals surface area contributed by atoms with Crippen LogP contribution in [0, 0.1) is 17.0 Å². The standard InChI is InChI=1S/C17H12F3N5O3/c1-10-3-2-4-12(15(10)25(27)28)16(26)23-13-7-11(17(18,19)20)5-6-14(13)24-9-21-8-22-24/h2-9H,1H3,(H,23,26). The number of rotatable bonds is 4. The number of anilines is 1. The third kappa shape index (κ3) is 3.68. The Hall–Kier alpha value is -3.76. The Morgan fingerprint density at radius 3 is 2.61 bits per heavy atom. The first-order chi connectivity index (χ1) is 13.2. The first-order valence-corrected chi connectivity index (χ1v) is 7.80. The van der Waals surface area contributed by atoms with Gasteiger partial charge >= 0.3 is 6.18 Å². The summed E-state index contributed by atoms with van der Waals surface area (Å²) in [5.41, 5.74) is -1.54. The number of halogens is 3. The van der Waals surface area contributed by atoms with Gasteiger partial charge in [0.25, 0.3) is 11.6 Å². The summed E-state index contributed by atoms with van der Waals surface area (Å²) in [6.07, 6.45) is -2.22. The van der Waals surface area contributed by atoms with Gasteiger partial charge in [0.1, 0.15) is 18.2 Å². The molecule has 0 saturated heterocycles. The van der Waals surface area contributed by atoms with Gasteiger partial charge in [0.15, 0.2) is 0 Å². The molecule has 0 saturated carbocycles. The molecule has 0 unspecified atom stereocenters. The molecule has 28 heavy (non-hydrogen) atoms. The van der Waals surface area contributed by atoms with Crippen molar-refractivity contribution in [3.63, 3.8) is 0 Å². The predicted octanol–water partition coefficient (Wildman–Crippen LogP) is 3.76. The van der Waals surface area contributed by atoms with E-state index in [4.69, 9.17) is 0 Å². The molecule has 0 fully saturated rings. The van der Waals surface area contributed by atoms with E-state index in [9.17, 15) is 28.1 Å². The minimum Gasteiger partial charge on any atom is -0.320 e. The number of para-hydroxylation sites is 1. The van der Waals surface area contributed by atoms with E-state index in [-0.39, 0.29) is 22.5 Å². The summed E-state index contributed by atoms with van der Waals surface area (Å²) >= 11 is 0. The first-order valence-electron chi connectivity index (χ1n) is 7.80. The van der Waals surface area contributed by atoms with Crippen LogP contribution in [-0.4, -0.2) is 25.6 Å². The Morgan fingerprint density at radius 2 is 2.00 bits per heavy atom. The topological polar surface area (TPSA) is 103 Å². The summed E-state index contributed by atoms with van der Waals surface area (Å²) in [5, 5.41) is 17.5. The highest BCUT2D eigenvalue weighted by Crippen LogP contribution is 2.34. The van der Waals surface area contributed by atoms with Gasteiger partial charge in [-0.1, -0.05) is 12.1 Å². The molecule has 11 heteroatoms. The first kappa shape index (κ1) is 19.0. The van der Waals surface area contributed by atoms with E-state index in [0.717, 1.165) is 18.2 Å². The fraction of sp³-hybridized carbons (Fsp3) is 0.118. The lowest BCUT2D eigenvalue weighted by molar-refractivity contribution is -0.385. The Labute approximate surface area is 155 Å². The number of hydrogen-bond acceptors (Lipinski definition) is 5. The number of hydrogen-bond donors (Lipinski definition) is 1. The van der Waals surface area contributed by atoms with Gasteiger partial charge in [-0.05, 0) is 31.2 Å². The van der Waals surface area contributed by atoms with Crippen molar-refractivity contribution in [2.75, 3.05) is 5.32 Å². The van der Waals surface area contributed by atoms with Crippen LogP contribution in [0.2, 0.25) is 0 Å². The lowest BCUT2D eigenvalue weighted by Crippen LogP contribution is -2.17. The van der Waals surface area contributed by atoms with E-state index in [0.29, 0.717) is 0 Å². The zero-order chi connectivity index (χ0) is 20.5. The van der Waals surface area contributed by atoms with Crippen molar-refractivity contribution in [2.45, 2.75) is 13.1 Å². The molecule has 3 rings (SSSR count). The molecule has 0 spiro atoms. The van der Waals surface area contributed by atoms with Gasteiger partial charge in [0.05, 0.1) is 21.9 Å². The smallest absolute Gasteiger partial charge is 0.320 e. The molecule has 1 N–H and O–H groups in total. The van der Waals surface area contributed by atoms with Gasteiger partial charge in [-0.15, -0.1) is 0 Å². The molecule has 0 aliphatic rings. The molecular formula is C17H12F3N5O3. The molecule has 144 valence electrons. The minimum absolute atomic E-state index is 0.120. The van der Waals surface area contributed by atoms with Crippen molar-refractivity contribution in [1.29, 1.82) is 0 Å². The van der Waals surface area contributed by atoms with E-state index in [1.807, 2.05) is 0 Å². The van der Waals surface area contributed by atoms with Crippen molar-refractivity contribution in [3.05, 3.63) is 75.9 Å². The molecule has 0 atom stereocenters. The van der Waals surface area contributed by atoms with Gasteiger partial charge in [-0.2, -0.15) is 18.3 Å². The summed E-state index contributed by atoms with van der Waals surface area (Å²) in [6.45, 7) is 1.46. The third-order valence-corrected chi connectivity index (χ3v) is 3.90. The van der Waals surface area contributed by atoms with Crippen LogP contribution in [-0.2, 0) is 6.18 Å². The molecule has 1 heterocycles. The second-order valence-corrected chi connectivity index (χ2v) is 5.75. The second-order valence-electron chi connectivity index (χ2n) is 5.75. The van der Waals surface area contributed by atoms with Crippen LogP contribution in [0.3, 0.4) is 0 Å². The van der Waals surface area contributed by atoms with E-state index in [1.165, 1.54) is 42.5 Å². The summed E-state index contributed by atoms with van der Waals surface area (Å²) < 4.78 is 40.4. The Kier molecular flexibility index (Phi) is 4.82. The summed E-state index contributed by atoms with van der Waals surface area (Å²) in [6, 6.07) is 6.82. The van der Waals surface area contributed by atoms with Crippen LogP contribution < -0.4 is 5.32 Å². The van der Waals surface area contributed by atoms with Gasteiger partial charge in [0.2, 0.25) is 0 Å². The highest BCUT2D eigenvalue weighted by Gasteiger charge is 2.32. The zero-order valence-electron chi connectivity index (χ0n) is 14.3. The van der Waals surface area contributed by atoms with Gasteiger partial charge in [-0.25, -0.2) is 9.67 Å². The lowest BCUT2D eigenvalue weighted by Gasteiger charge is -2.14. The molecule has 2 aromatic carbocycles. The highest BCUT2D eigenvalue weighted by molar-refractivity contribution is 6.08. The number of nitro groups is 1. The van der Waals surface area contributed by atoms with Crippen LogP contribution in [0.25, 0.3) is 5.69 Å². The maximum absolute atomic E-state index is 13.1. The average Bonchev–Trinajstić information content (AvgIpc) is 3.14. The van der Waals surface area contributed by atoms with E-state index >= 15 is 0 Å². The summed E-state index contributed by atoms with van der Waals surface area (Å²) in [7, 11) is 0. The van der Waals surface area contributed by atoms with Crippen LogP contribution >= 0.6 is 0 Å². The van der Waals surface area contributed by atoms with E-state index < -0.39 is 28.3 Å². The van der Waals surface area contributed by atoms with E-state index in [2.05, 4.69) is 15.4 Å². The Bertz CT molecular complexity index is 1050. The third-order valence-electron chi connectivity index (χ3n) is 3.90. The van der Waals surface area contributed by atoms with Crippen molar-refractivity contribution in [2.24, 2.45) is 0 Å². The monoisotopic (exact) mass is 391 g/mol. The number of amides is 1. The van der Waals surface area contributed by atoms with Crippen molar-refractivity contribution >= 4 is 17.3 Å². The fourth-order valence-electron chi connectivity index (χ4n) is 2.62. The maximum Gasteiger partial charge on any atom is 0.416 e. The number of nitro benzene ring substituents is 1. The summed E-state index contributed by atoms with van der Waals surface area (Å²) in [4.78, 5) is 26.9. The van der Waals surface area contributed by atoms with Crippen LogP contribution in [0.15, 0.2) is 49.1 Å². The van der Waals surface area contributed by atoms with Gasteiger partial charge in [-0.3, -0.25) is 14.9 Å². The number of nitrogens with zero attached hydrogens (tertiary/aromatic N) is 4. The molecule has 1 aromatic heterocycles.